The number of carbonyl (C=O) groups excluding carboxylic acids is 1. The van der Waals surface area contributed by atoms with Crippen molar-refractivity contribution in [2.24, 2.45) is 0 Å². The Morgan fingerprint density at radius 2 is 2.00 bits per heavy atom. The molecular weight excluding hydrogens is 428 g/mol. The monoisotopic (exact) mass is 456 g/mol. The lowest BCUT2D eigenvalue weighted by Gasteiger charge is -2.33. The number of nitrogens with one attached hydrogen (secondary N) is 2. The molecule has 4 rings (SSSR count). The maximum atomic E-state index is 13.1. The highest BCUT2D eigenvalue weighted by molar-refractivity contribution is 7.90. The van der Waals surface area contributed by atoms with Crippen molar-refractivity contribution in [2.75, 3.05) is 17.9 Å². The van der Waals surface area contributed by atoms with Gasteiger partial charge in [-0.05, 0) is 62.3 Å². The van der Waals surface area contributed by atoms with Gasteiger partial charge in [0.15, 0.2) is 0 Å². The Hall–Kier alpha value is -2.91. The number of ether oxygens (including phenoxy) is 1. The number of rotatable bonds is 9. The largest absolute Gasteiger partial charge is 0.464 e. The molecule has 1 aliphatic rings. The molecule has 0 unspecified atom stereocenters. The van der Waals surface area contributed by atoms with Crippen LogP contribution in [0.5, 0.6) is 0 Å². The van der Waals surface area contributed by atoms with E-state index in [-0.39, 0.29) is 6.54 Å². The van der Waals surface area contributed by atoms with E-state index in [4.69, 9.17) is 4.74 Å². The van der Waals surface area contributed by atoms with E-state index in [9.17, 15) is 13.2 Å². The second-order valence-corrected chi connectivity index (χ2v) is 9.60. The van der Waals surface area contributed by atoms with Crippen molar-refractivity contribution in [1.29, 1.82) is 0 Å². The zero-order chi connectivity index (χ0) is 22.4. The van der Waals surface area contributed by atoms with Crippen molar-refractivity contribution in [3.8, 4) is 0 Å². The molecule has 2 heterocycles. The summed E-state index contributed by atoms with van der Waals surface area (Å²) in [6, 6.07) is 14.4. The number of aromatic amines is 1. The van der Waals surface area contributed by atoms with E-state index in [1.54, 1.807) is 24.5 Å². The first-order chi connectivity index (χ1) is 15.5. The molecule has 1 saturated heterocycles. The second kappa shape index (κ2) is 10.1. The van der Waals surface area contributed by atoms with Gasteiger partial charge in [-0.15, -0.1) is 0 Å². The molecule has 8 nitrogen and oxygen atoms in total. The van der Waals surface area contributed by atoms with Gasteiger partial charge in [-0.25, -0.2) is 4.98 Å². The summed E-state index contributed by atoms with van der Waals surface area (Å²) in [7, 11) is -3.91. The SMILES string of the molecule is O=C(OCCCCc1ccccc1)[C@H]1CCCCN1S(=O)(=O)Nc1ccc2nc[nH]c2c1. The molecule has 0 radical (unpaired) electrons. The van der Waals surface area contributed by atoms with Crippen LogP contribution < -0.4 is 4.72 Å². The fourth-order valence-corrected chi connectivity index (χ4v) is 5.42. The molecule has 1 fully saturated rings. The summed E-state index contributed by atoms with van der Waals surface area (Å²) in [6.07, 6.45) is 6.08. The number of unbranched alkanes of at least 4 members (excludes halogenated alkanes) is 1. The van der Waals surface area contributed by atoms with Gasteiger partial charge in [0, 0.05) is 6.54 Å². The fraction of sp³-hybridized carbons (Fsp3) is 0.391. The molecule has 0 bridgehead atoms. The number of hydrogen-bond donors (Lipinski definition) is 2. The molecule has 2 aromatic carbocycles. The van der Waals surface area contributed by atoms with Gasteiger partial charge in [0.1, 0.15) is 6.04 Å². The first-order valence-electron chi connectivity index (χ1n) is 11.0. The van der Waals surface area contributed by atoms with Gasteiger partial charge >= 0.3 is 16.2 Å². The van der Waals surface area contributed by atoms with E-state index >= 15 is 0 Å². The summed E-state index contributed by atoms with van der Waals surface area (Å²) in [5, 5.41) is 0. The number of aromatic nitrogens is 2. The lowest BCUT2D eigenvalue weighted by Crippen LogP contribution is -2.50. The summed E-state index contributed by atoms with van der Waals surface area (Å²) in [4.78, 5) is 19.8. The first-order valence-corrected chi connectivity index (χ1v) is 12.4. The molecule has 1 aromatic heterocycles. The molecule has 0 spiro atoms. The number of fused-ring (bicyclic) bond motifs is 1. The van der Waals surface area contributed by atoms with Crippen molar-refractivity contribution in [3.63, 3.8) is 0 Å². The standard InChI is InChI=1S/C23H28N4O4S/c28-23(31-15-7-5-10-18-8-2-1-3-9-18)22-11-4-6-14-27(22)32(29,30)26-19-12-13-20-21(16-19)25-17-24-20/h1-3,8-9,12-13,16-17,22,26H,4-7,10-11,14-15H2,(H,24,25)/t22-/m1/s1. The van der Waals surface area contributed by atoms with Crippen LogP contribution in [0.25, 0.3) is 11.0 Å². The van der Waals surface area contributed by atoms with Crippen LogP contribution in [0.15, 0.2) is 54.9 Å². The molecule has 0 saturated carbocycles. The summed E-state index contributed by atoms with van der Waals surface area (Å²) in [6.45, 7) is 0.579. The second-order valence-electron chi connectivity index (χ2n) is 7.97. The number of hydrogen-bond acceptors (Lipinski definition) is 5. The number of nitrogens with zero attached hydrogens (tertiary/aromatic N) is 2. The number of benzene rings is 2. The van der Waals surface area contributed by atoms with Gasteiger partial charge in [0.25, 0.3) is 0 Å². The number of aryl methyl sites for hydroxylation is 1. The van der Waals surface area contributed by atoms with Crippen molar-refractivity contribution in [2.45, 2.75) is 44.6 Å². The van der Waals surface area contributed by atoms with Gasteiger partial charge in [-0.1, -0.05) is 30.3 Å². The molecule has 170 valence electrons. The Morgan fingerprint density at radius 3 is 2.84 bits per heavy atom. The summed E-state index contributed by atoms with van der Waals surface area (Å²) < 4.78 is 35.4. The number of H-pyrrole nitrogens is 1. The minimum atomic E-state index is -3.91. The zero-order valence-electron chi connectivity index (χ0n) is 17.9. The van der Waals surface area contributed by atoms with E-state index in [0.29, 0.717) is 25.1 Å². The van der Waals surface area contributed by atoms with Crippen LogP contribution in [0.1, 0.15) is 37.7 Å². The van der Waals surface area contributed by atoms with Crippen LogP contribution in [-0.4, -0.2) is 47.9 Å². The van der Waals surface area contributed by atoms with Crippen LogP contribution in [0.3, 0.4) is 0 Å². The third-order valence-corrected chi connectivity index (χ3v) is 7.20. The lowest BCUT2D eigenvalue weighted by atomic mass is 10.1. The highest BCUT2D eigenvalue weighted by Crippen LogP contribution is 2.24. The molecule has 2 N–H and O–H groups in total. The van der Waals surface area contributed by atoms with Crippen molar-refractivity contribution in [1.82, 2.24) is 14.3 Å². The van der Waals surface area contributed by atoms with E-state index in [0.717, 1.165) is 36.7 Å². The predicted octanol–water partition coefficient (Wildman–Crippen LogP) is 3.64. The molecule has 9 heteroatoms. The number of anilines is 1. The zero-order valence-corrected chi connectivity index (χ0v) is 18.7. The van der Waals surface area contributed by atoms with Gasteiger partial charge in [0.2, 0.25) is 0 Å². The normalized spacial score (nSPS) is 17.3. The first kappa shape index (κ1) is 22.3. The van der Waals surface area contributed by atoms with E-state index < -0.39 is 22.2 Å². The Balaban J connectivity index is 1.33. The molecule has 1 atom stereocenters. The number of carbonyl (C=O) groups is 1. The lowest BCUT2D eigenvalue weighted by molar-refractivity contribution is -0.149. The average Bonchev–Trinajstić information content (AvgIpc) is 3.27. The Kier molecular flexibility index (Phi) is 7.06. The molecular formula is C23H28N4O4S. The van der Waals surface area contributed by atoms with Crippen LogP contribution in [-0.2, 0) is 26.2 Å². The van der Waals surface area contributed by atoms with Gasteiger partial charge < -0.3 is 9.72 Å². The van der Waals surface area contributed by atoms with Gasteiger partial charge in [-0.3, -0.25) is 9.52 Å². The molecule has 0 aliphatic carbocycles. The van der Waals surface area contributed by atoms with Crippen molar-refractivity contribution in [3.05, 3.63) is 60.4 Å². The summed E-state index contributed by atoms with van der Waals surface area (Å²) >= 11 is 0. The predicted molar refractivity (Wildman–Crippen MR) is 123 cm³/mol. The van der Waals surface area contributed by atoms with Crippen molar-refractivity contribution < 1.29 is 17.9 Å². The third kappa shape index (κ3) is 5.46. The molecule has 32 heavy (non-hydrogen) atoms. The Bertz CT molecular complexity index is 1150. The van der Waals surface area contributed by atoms with Gasteiger partial charge in [-0.2, -0.15) is 12.7 Å². The number of esters is 1. The highest BCUT2D eigenvalue weighted by atomic mass is 32.2. The van der Waals surface area contributed by atoms with Crippen LogP contribution in [0.2, 0.25) is 0 Å². The maximum absolute atomic E-state index is 13.1. The van der Waals surface area contributed by atoms with E-state index in [1.807, 2.05) is 18.2 Å². The smallest absolute Gasteiger partial charge is 0.324 e. The van der Waals surface area contributed by atoms with Crippen molar-refractivity contribution >= 4 is 32.9 Å². The van der Waals surface area contributed by atoms with E-state index in [2.05, 4.69) is 26.8 Å². The van der Waals surface area contributed by atoms with Crippen LogP contribution >= 0.6 is 0 Å². The van der Waals surface area contributed by atoms with Crippen LogP contribution in [0.4, 0.5) is 5.69 Å². The van der Waals surface area contributed by atoms with E-state index in [1.165, 1.54) is 9.87 Å². The van der Waals surface area contributed by atoms with Gasteiger partial charge in [0.05, 0.1) is 29.7 Å². The third-order valence-electron chi connectivity index (χ3n) is 5.65. The number of piperidine rings is 1. The minimum Gasteiger partial charge on any atom is -0.464 e. The Labute approximate surface area is 188 Å². The minimum absolute atomic E-state index is 0.287. The molecule has 0 amide bonds. The fourth-order valence-electron chi connectivity index (χ4n) is 3.98. The highest BCUT2D eigenvalue weighted by Gasteiger charge is 2.37. The number of imidazole rings is 1. The van der Waals surface area contributed by atoms with Crippen LogP contribution in [0, 0.1) is 0 Å². The molecule has 1 aliphatic heterocycles. The maximum Gasteiger partial charge on any atom is 0.324 e. The summed E-state index contributed by atoms with van der Waals surface area (Å²) in [5.74, 6) is -0.473. The quantitative estimate of drug-likeness (QED) is 0.378. The average molecular weight is 457 g/mol. The summed E-state index contributed by atoms with van der Waals surface area (Å²) in [5.41, 5.74) is 3.15. The Morgan fingerprint density at radius 1 is 1.16 bits per heavy atom. The topological polar surface area (TPSA) is 104 Å². The molecule has 3 aromatic rings.